The lowest BCUT2D eigenvalue weighted by atomic mass is 10.1. The molecule has 114 valence electrons. The van der Waals surface area contributed by atoms with Gasteiger partial charge in [0.15, 0.2) is 0 Å². The third-order valence-electron chi connectivity index (χ3n) is 2.51. The van der Waals surface area contributed by atoms with E-state index in [-0.39, 0.29) is 11.6 Å². The van der Waals surface area contributed by atoms with Crippen molar-refractivity contribution in [1.82, 2.24) is 15.5 Å². The highest BCUT2D eigenvalue weighted by Gasteiger charge is 2.14. The zero-order chi connectivity index (χ0) is 15.6. The van der Waals surface area contributed by atoms with Gasteiger partial charge in [-0.05, 0) is 48.8 Å². The molecule has 0 saturated carbocycles. The Morgan fingerprint density at radius 3 is 2.57 bits per heavy atom. The molecule has 0 fully saturated rings. The number of benzene rings is 1. The Morgan fingerprint density at radius 1 is 1.19 bits per heavy atom. The van der Waals surface area contributed by atoms with E-state index >= 15 is 0 Å². The fourth-order valence-corrected chi connectivity index (χ4v) is 2.28. The van der Waals surface area contributed by atoms with Crippen LogP contribution < -0.4 is 10.6 Å². The van der Waals surface area contributed by atoms with E-state index in [4.69, 9.17) is 27.6 Å². The van der Waals surface area contributed by atoms with Gasteiger partial charge >= 0.3 is 6.01 Å². The molecule has 0 radical (unpaired) electrons. The molecule has 21 heavy (non-hydrogen) atoms. The van der Waals surface area contributed by atoms with Gasteiger partial charge in [-0.25, -0.2) is 0 Å². The van der Waals surface area contributed by atoms with Crippen molar-refractivity contribution in [2.45, 2.75) is 32.9 Å². The number of anilines is 2. The van der Waals surface area contributed by atoms with Crippen LogP contribution in [0.3, 0.4) is 0 Å². The lowest BCUT2D eigenvalue weighted by Gasteiger charge is -2.18. The summed E-state index contributed by atoms with van der Waals surface area (Å²) in [5, 5.41) is 14.9. The smallest absolute Gasteiger partial charge is 0.320 e. The molecule has 5 nitrogen and oxygen atoms in total. The van der Waals surface area contributed by atoms with Crippen molar-refractivity contribution in [3.05, 3.63) is 32.5 Å². The van der Waals surface area contributed by atoms with Gasteiger partial charge in [-0.15, -0.1) is 5.10 Å². The van der Waals surface area contributed by atoms with E-state index in [0.717, 1.165) is 4.47 Å². The van der Waals surface area contributed by atoms with Gasteiger partial charge < -0.3 is 15.1 Å². The fourth-order valence-electron chi connectivity index (χ4n) is 1.45. The summed E-state index contributed by atoms with van der Waals surface area (Å²) in [5.41, 5.74) is 0.578. The van der Waals surface area contributed by atoms with Crippen molar-refractivity contribution >= 4 is 50.8 Å². The van der Waals surface area contributed by atoms with Crippen molar-refractivity contribution in [3.63, 3.8) is 0 Å². The Balaban J connectivity index is 2.08. The van der Waals surface area contributed by atoms with Crippen LogP contribution in [-0.2, 0) is 6.54 Å². The highest BCUT2D eigenvalue weighted by molar-refractivity contribution is 9.10. The van der Waals surface area contributed by atoms with Crippen LogP contribution in [0, 0.1) is 0 Å². The fraction of sp³-hybridized carbons (Fsp3) is 0.385. The molecule has 8 heteroatoms. The Kier molecular flexibility index (Phi) is 5.14. The average molecular weight is 394 g/mol. The first-order chi connectivity index (χ1) is 9.76. The molecule has 0 aliphatic rings. The zero-order valence-electron chi connectivity index (χ0n) is 11.8. The number of hydrogen-bond donors (Lipinski definition) is 2. The minimum Gasteiger partial charge on any atom is -0.406 e. The van der Waals surface area contributed by atoms with Gasteiger partial charge in [-0.3, -0.25) is 0 Å². The number of nitrogens with zero attached hydrogens (tertiary/aromatic N) is 2. The highest BCUT2D eigenvalue weighted by Crippen LogP contribution is 2.36. The maximum absolute atomic E-state index is 6.15. The second-order valence-electron chi connectivity index (χ2n) is 5.45. The number of nitrogens with one attached hydrogen (secondary N) is 2. The van der Waals surface area contributed by atoms with E-state index in [1.807, 2.05) is 0 Å². The monoisotopic (exact) mass is 392 g/mol. The molecule has 2 aromatic rings. The predicted molar refractivity (Wildman–Crippen MR) is 88.3 cm³/mol. The first kappa shape index (κ1) is 16.5. The van der Waals surface area contributed by atoms with Crippen LogP contribution in [0.25, 0.3) is 0 Å². The van der Waals surface area contributed by atoms with Crippen molar-refractivity contribution in [2.75, 3.05) is 5.32 Å². The third-order valence-corrected chi connectivity index (χ3v) is 4.28. The highest BCUT2D eigenvalue weighted by atomic mass is 79.9. The largest absolute Gasteiger partial charge is 0.406 e. The van der Waals surface area contributed by atoms with Crippen molar-refractivity contribution < 1.29 is 4.42 Å². The first-order valence-electron chi connectivity index (χ1n) is 6.24. The average Bonchev–Trinajstić information content (AvgIpc) is 2.84. The van der Waals surface area contributed by atoms with Crippen molar-refractivity contribution in [2.24, 2.45) is 0 Å². The number of hydrogen-bond acceptors (Lipinski definition) is 5. The minimum atomic E-state index is -0.0232. The van der Waals surface area contributed by atoms with Gasteiger partial charge in [0.25, 0.3) is 0 Å². The SMILES string of the molecule is CC(C)(C)NCc1nnc(Nc2ccc(Br)c(Cl)c2Cl)o1. The molecule has 0 unspecified atom stereocenters. The summed E-state index contributed by atoms with van der Waals surface area (Å²) in [4.78, 5) is 0. The van der Waals surface area contributed by atoms with Crippen LogP contribution in [0.2, 0.25) is 10.0 Å². The number of rotatable bonds is 4. The van der Waals surface area contributed by atoms with Gasteiger partial charge in [-0.1, -0.05) is 28.3 Å². The molecule has 0 atom stereocenters. The van der Waals surface area contributed by atoms with Crippen LogP contribution in [0.15, 0.2) is 21.0 Å². The van der Waals surface area contributed by atoms with E-state index in [1.54, 1.807) is 12.1 Å². The Bertz CT molecular complexity index is 640. The maximum Gasteiger partial charge on any atom is 0.320 e. The molecule has 0 amide bonds. The van der Waals surface area contributed by atoms with Crippen molar-refractivity contribution in [1.29, 1.82) is 0 Å². The summed E-state index contributed by atoms with van der Waals surface area (Å²) >= 11 is 15.5. The van der Waals surface area contributed by atoms with Gasteiger partial charge in [0, 0.05) is 10.0 Å². The normalized spacial score (nSPS) is 11.7. The van der Waals surface area contributed by atoms with Crippen LogP contribution in [0.4, 0.5) is 11.7 Å². The Hall–Kier alpha value is -0.820. The van der Waals surface area contributed by atoms with Crippen LogP contribution in [-0.4, -0.2) is 15.7 Å². The van der Waals surface area contributed by atoms with E-state index in [9.17, 15) is 0 Å². The van der Waals surface area contributed by atoms with E-state index in [2.05, 4.69) is 57.5 Å². The molecule has 2 N–H and O–H groups in total. The third kappa shape index (κ3) is 4.57. The van der Waals surface area contributed by atoms with Gasteiger partial charge in [0.2, 0.25) is 5.89 Å². The zero-order valence-corrected chi connectivity index (χ0v) is 14.9. The standard InChI is InChI=1S/C13H15BrCl2N4O/c1-13(2,3)17-6-9-19-20-12(21-9)18-8-5-4-7(14)10(15)11(8)16/h4-5,17H,6H2,1-3H3,(H,18,20). The molecule has 1 aromatic carbocycles. The summed E-state index contributed by atoms with van der Waals surface area (Å²) in [6.07, 6.45) is 0. The van der Waals surface area contributed by atoms with E-state index in [1.165, 1.54) is 0 Å². The maximum atomic E-state index is 6.15. The van der Waals surface area contributed by atoms with Gasteiger partial charge in [0.1, 0.15) is 0 Å². The molecule has 0 spiro atoms. The summed E-state index contributed by atoms with van der Waals surface area (Å²) in [5.74, 6) is 0.492. The lowest BCUT2D eigenvalue weighted by molar-refractivity contribution is 0.384. The first-order valence-corrected chi connectivity index (χ1v) is 7.79. The van der Waals surface area contributed by atoms with Crippen LogP contribution >= 0.6 is 39.1 Å². The molecule has 0 bridgehead atoms. The van der Waals surface area contributed by atoms with Crippen molar-refractivity contribution in [3.8, 4) is 0 Å². The molecule has 0 saturated heterocycles. The second kappa shape index (κ2) is 6.52. The summed E-state index contributed by atoms with van der Waals surface area (Å²) in [7, 11) is 0. The minimum absolute atomic E-state index is 0.0232. The summed E-state index contributed by atoms with van der Waals surface area (Å²) < 4.78 is 6.22. The molecule has 1 aromatic heterocycles. The van der Waals surface area contributed by atoms with Gasteiger partial charge in [-0.2, -0.15) is 0 Å². The molecular formula is C13H15BrCl2N4O. The topological polar surface area (TPSA) is 63.0 Å². The molecule has 1 heterocycles. The molecular weight excluding hydrogens is 379 g/mol. The molecule has 0 aliphatic heterocycles. The quantitative estimate of drug-likeness (QED) is 0.732. The predicted octanol–water partition coefficient (Wildman–Crippen LogP) is 4.77. The Morgan fingerprint density at radius 2 is 1.90 bits per heavy atom. The molecule has 2 rings (SSSR count). The van der Waals surface area contributed by atoms with Crippen LogP contribution in [0.5, 0.6) is 0 Å². The Labute approximate surface area is 141 Å². The van der Waals surface area contributed by atoms with Gasteiger partial charge in [0.05, 0.1) is 22.3 Å². The lowest BCUT2D eigenvalue weighted by Crippen LogP contribution is -2.35. The second-order valence-corrected chi connectivity index (χ2v) is 7.06. The van der Waals surface area contributed by atoms with Crippen LogP contribution in [0.1, 0.15) is 26.7 Å². The summed E-state index contributed by atoms with van der Waals surface area (Å²) in [6.45, 7) is 6.68. The molecule has 0 aliphatic carbocycles. The number of halogens is 3. The van der Waals surface area contributed by atoms with E-state index < -0.39 is 0 Å². The van der Waals surface area contributed by atoms with E-state index in [0.29, 0.717) is 28.2 Å². The summed E-state index contributed by atoms with van der Waals surface area (Å²) in [6, 6.07) is 3.82. The number of aromatic nitrogens is 2.